The van der Waals surface area contributed by atoms with E-state index >= 15 is 0 Å². The summed E-state index contributed by atoms with van der Waals surface area (Å²) in [4.78, 5) is 51.4. The van der Waals surface area contributed by atoms with Crippen LogP contribution < -0.4 is 25.6 Å². The fourth-order valence-electron chi connectivity index (χ4n) is 8.32. The summed E-state index contributed by atoms with van der Waals surface area (Å²) in [7, 11) is -0.757. The molecule has 312 valence electrons. The normalized spacial score (nSPS) is 17.4. The van der Waals surface area contributed by atoms with Crippen molar-refractivity contribution in [3.63, 3.8) is 0 Å². The SMILES string of the molecule is COc1cc(N2CCC(NCCCCCCSc3ccc4c(c3)CN(C3CCC(=O)NC3=O)C4=O)CC2)ccc1Cc1ncc(Cl)c(Cc2ccccc2P(C)(C)=O)n1. The summed E-state index contributed by atoms with van der Waals surface area (Å²) >= 11 is 8.37. The second-order valence-corrected chi connectivity index (χ2v) is 20.9. The molecule has 3 aliphatic rings. The van der Waals surface area contributed by atoms with Crippen LogP contribution in [0, 0.1) is 0 Å². The number of anilines is 1. The van der Waals surface area contributed by atoms with Gasteiger partial charge in [0.15, 0.2) is 0 Å². The second-order valence-electron chi connectivity index (χ2n) is 16.1. The van der Waals surface area contributed by atoms with Gasteiger partial charge < -0.3 is 24.4 Å². The Morgan fingerprint density at radius 2 is 1.75 bits per heavy atom. The van der Waals surface area contributed by atoms with E-state index in [4.69, 9.17) is 21.3 Å². The van der Waals surface area contributed by atoms with Gasteiger partial charge >= 0.3 is 0 Å². The van der Waals surface area contributed by atoms with Gasteiger partial charge in [-0.1, -0.05) is 54.8 Å². The number of hydrogen-bond donors (Lipinski definition) is 2. The van der Waals surface area contributed by atoms with Crippen LogP contribution in [-0.4, -0.2) is 90.5 Å². The van der Waals surface area contributed by atoms with Crippen LogP contribution in [-0.2, 0) is 33.5 Å². The summed E-state index contributed by atoms with van der Waals surface area (Å²) < 4.78 is 18.8. The summed E-state index contributed by atoms with van der Waals surface area (Å²) in [5, 5.41) is 7.51. The highest BCUT2D eigenvalue weighted by molar-refractivity contribution is 7.99. The minimum absolute atomic E-state index is 0.128. The van der Waals surface area contributed by atoms with Crippen molar-refractivity contribution in [2.45, 2.75) is 87.7 Å². The lowest BCUT2D eigenvalue weighted by Gasteiger charge is -2.34. The van der Waals surface area contributed by atoms with Gasteiger partial charge in [-0.15, -0.1) is 11.8 Å². The number of thioether (sulfide) groups is 1. The first-order valence-electron chi connectivity index (χ1n) is 20.7. The summed E-state index contributed by atoms with van der Waals surface area (Å²) in [6.07, 6.45) is 10.1. The number of fused-ring (bicyclic) bond motifs is 1. The number of aromatic nitrogens is 2. The van der Waals surface area contributed by atoms with E-state index in [-0.39, 0.29) is 24.1 Å². The minimum Gasteiger partial charge on any atom is -0.496 e. The first-order chi connectivity index (χ1) is 28.5. The maximum absolute atomic E-state index is 13.0. The highest BCUT2D eigenvalue weighted by Gasteiger charge is 2.39. The van der Waals surface area contributed by atoms with Crippen LogP contribution >= 0.6 is 30.5 Å². The van der Waals surface area contributed by atoms with Crippen molar-refractivity contribution in [2.75, 3.05) is 50.7 Å². The molecule has 2 saturated heterocycles. The van der Waals surface area contributed by atoms with Crippen LogP contribution in [0.1, 0.15) is 89.9 Å². The molecule has 7 rings (SSSR count). The summed E-state index contributed by atoms with van der Waals surface area (Å²) in [5.41, 5.74) is 5.46. The van der Waals surface area contributed by atoms with Gasteiger partial charge in [-0.2, -0.15) is 0 Å². The smallest absolute Gasteiger partial charge is 0.255 e. The summed E-state index contributed by atoms with van der Waals surface area (Å²) in [5.74, 6) is 1.72. The number of carbonyl (C=O) groups excluding carboxylic acids is 3. The third-order valence-corrected chi connectivity index (χ3v) is 14.5. The maximum Gasteiger partial charge on any atom is 0.255 e. The zero-order chi connectivity index (χ0) is 41.5. The molecular formula is C45H54ClN6O5PS. The number of unbranched alkanes of at least 4 members (excludes halogenated alkanes) is 3. The summed E-state index contributed by atoms with van der Waals surface area (Å²) in [6, 6.07) is 20.1. The van der Waals surface area contributed by atoms with E-state index in [0.29, 0.717) is 48.3 Å². The predicted octanol–water partition coefficient (Wildman–Crippen LogP) is 7.24. The molecule has 3 aliphatic heterocycles. The average molecular weight is 857 g/mol. The van der Waals surface area contributed by atoms with Gasteiger partial charge in [-0.3, -0.25) is 19.7 Å². The van der Waals surface area contributed by atoms with Crippen molar-refractivity contribution < 1.29 is 23.7 Å². The van der Waals surface area contributed by atoms with Gasteiger partial charge in [0.2, 0.25) is 11.8 Å². The third kappa shape index (κ3) is 10.8. The first-order valence-corrected chi connectivity index (χ1v) is 24.6. The number of piperidine rings is 2. The molecule has 1 aromatic heterocycles. The minimum atomic E-state index is -2.46. The van der Waals surface area contributed by atoms with Crippen molar-refractivity contribution in [2.24, 2.45) is 0 Å². The van der Waals surface area contributed by atoms with E-state index in [1.165, 1.54) is 12.8 Å². The molecule has 0 spiro atoms. The molecule has 59 heavy (non-hydrogen) atoms. The Balaban J connectivity index is 0.802. The number of imide groups is 1. The van der Waals surface area contributed by atoms with Crippen LogP contribution in [0.25, 0.3) is 0 Å². The number of ether oxygens (including phenoxy) is 1. The molecule has 2 fully saturated rings. The van der Waals surface area contributed by atoms with Gasteiger partial charge in [-0.05, 0) is 93.1 Å². The molecule has 14 heteroatoms. The fourth-order valence-corrected chi connectivity index (χ4v) is 10.7. The molecule has 3 amide bonds. The number of benzene rings is 3. The molecule has 0 radical (unpaired) electrons. The zero-order valence-corrected chi connectivity index (χ0v) is 36.6. The maximum atomic E-state index is 13.0. The second kappa shape index (κ2) is 19.4. The topological polar surface area (TPSA) is 134 Å². The Labute approximate surface area is 356 Å². The van der Waals surface area contributed by atoms with Crippen molar-refractivity contribution in [1.82, 2.24) is 25.5 Å². The number of carbonyl (C=O) groups is 3. The molecule has 4 heterocycles. The number of rotatable bonds is 17. The zero-order valence-electron chi connectivity index (χ0n) is 34.2. The quantitative estimate of drug-likeness (QED) is 0.0485. The first kappa shape index (κ1) is 42.9. The Kier molecular flexibility index (Phi) is 14.1. The van der Waals surface area contributed by atoms with Crippen LogP contribution in [0.5, 0.6) is 5.75 Å². The average Bonchev–Trinajstić information content (AvgIpc) is 3.55. The number of hydrogen-bond acceptors (Lipinski definition) is 10. The monoisotopic (exact) mass is 856 g/mol. The lowest BCUT2D eigenvalue weighted by atomic mass is 10.0. The predicted molar refractivity (Wildman–Crippen MR) is 236 cm³/mol. The molecule has 4 aromatic rings. The Bertz CT molecular complexity index is 2230. The highest BCUT2D eigenvalue weighted by Crippen LogP contribution is 2.37. The number of nitrogens with one attached hydrogen (secondary N) is 2. The molecule has 1 unspecified atom stereocenters. The largest absolute Gasteiger partial charge is 0.496 e. The Hall–Kier alpha value is -4.22. The third-order valence-electron chi connectivity index (χ3n) is 11.5. The van der Waals surface area contributed by atoms with E-state index < -0.39 is 13.2 Å². The standard InChI is InChI=1S/C45H54ClN6O5PS/c1-57-40-27-34(13-12-30(40)26-42-48-28-37(46)38(49-42)25-31-10-6-7-11-41(31)58(2,3)56)51-21-18-33(19-22-51)47-20-8-4-5-9-23-59-35-14-15-36-32(24-35)29-52(45(36)55)39-16-17-43(53)50-44(39)54/h6-7,10-15,24,27-28,33,39,47H,4-5,8-9,16-23,25-26,29H2,1-3H3,(H,50,53,54). The molecule has 3 aromatic carbocycles. The van der Waals surface area contributed by atoms with Gasteiger partial charge in [0, 0.05) is 84.2 Å². The molecule has 11 nitrogen and oxygen atoms in total. The number of amides is 3. The van der Waals surface area contributed by atoms with E-state index in [0.717, 1.165) is 95.1 Å². The fraction of sp³-hybridized carbons (Fsp3) is 0.444. The summed E-state index contributed by atoms with van der Waals surface area (Å²) in [6.45, 7) is 6.98. The Morgan fingerprint density at radius 1 is 0.949 bits per heavy atom. The van der Waals surface area contributed by atoms with Crippen molar-refractivity contribution in [3.05, 3.63) is 106 Å². The molecule has 2 N–H and O–H groups in total. The number of nitrogens with zero attached hydrogens (tertiary/aromatic N) is 4. The van der Waals surface area contributed by atoms with Crippen LogP contribution in [0.15, 0.2) is 71.8 Å². The van der Waals surface area contributed by atoms with E-state index in [2.05, 4.69) is 44.8 Å². The number of halogens is 1. The lowest BCUT2D eigenvalue weighted by Crippen LogP contribution is -2.52. The van der Waals surface area contributed by atoms with E-state index in [1.807, 2.05) is 48.2 Å². The van der Waals surface area contributed by atoms with Crippen LogP contribution in [0.4, 0.5) is 5.69 Å². The molecule has 0 saturated carbocycles. The van der Waals surface area contributed by atoms with E-state index in [9.17, 15) is 18.9 Å². The van der Waals surface area contributed by atoms with Crippen molar-refractivity contribution in [1.29, 1.82) is 0 Å². The highest BCUT2D eigenvalue weighted by atomic mass is 35.5. The van der Waals surface area contributed by atoms with Crippen LogP contribution in [0.2, 0.25) is 5.02 Å². The van der Waals surface area contributed by atoms with Gasteiger partial charge in [0.05, 0.1) is 17.8 Å². The van der Waals surface area contributed by atoms with E-state index in [1.54, 1.807) is 31.5 Å². The van der Waals surface area contributed by atoms with Crippen LogP contribution in [0.3, 0.4) is 0 Å². The van der Waals surface area contributed by atoms with Crippen molar-refractivity contribution >= 4 is 59.2 Å². The van der Waals surface area contributed by atoms with Crippen molar-refractivity contribution in [3.8, 4) is 5.75 Å². The lowest BCUT2D eigenvalue weighted by molar-refractivity contribution is -0.136. The number of methoxy groups -OCH3 is 1. The molecule has 1 atom stereocenters. The molecule has 0 bridgehead atoms. The van der Waals surface area contributed by atoms with Gasteiger partial charge in [-0.25, -0.2) is 9.97 Å². The van der Waals surface area contributed by atoms with Gasteiger partial charge in [0.25, 0.3) is 5.91 Å². The Morgan fingerprint density at radius 3 is 2.53 bits per heavy atom. The molecule has 0 aliphatic carbocycles. The molecular weight excluding hydrogens is 803 g/mol. The van der Waals surface area contributed by atoms with Gasteiger partial charge in [0.1, 0.15) is 24.8 Å².